The molecule has 1 saturated carbocycles. The maximum atomic E-state index is 2.55. The van der Waals surface area contributed by atoms with Crippen LogP contribution in [0.25, 0.3) is 66.1 Å². The van der Waals surface area contributed by atoms with Crippen molar-refractivity contribution in [2.24, 2.45) is 0 Å². The van der Waals surface area contributed by atoms with Gasteiger partial charge in [-0.1, -0.05) is 201 Å². The Hall–Kier alpha value is -7.20. The molecule has 0 aliphatic heterocycles. The Morgan fingerprint density at radius 1 is 0.349 bits per heavy atom. The summed E-state index contributed by atoms with van der Waals surface area (Å²) in [5.41, 5.74) is 11.2. The number of aromatic nitrogens is 2. The molecule has 1 aliphatic carbocycles. The van der Waals surface area contributed by atoms with Crippen LogP contribution in [0.1, 0.15) is 43.6 Å². The summed E-state index contributed by atoms with van der Waals surface area (Å²) in [5, 5.41) is 10.6. The zero-order valence-corrected chi connectivity index (χ0v) is 36.4. The Balaban J connectivity index is 1.13. The molecule has 0 atom stereocenters. The lowest BCUT2D eigenvalue weighted by molar-refractivity contribution is 0.444. The van der Waals surface area contributed by atoms with E-state index in [-0.39, 0.29) is 0 Å². The number of hydrogen-bond donors (Lipinski definition) is 0. The molecule has 2 heterocycles. The number of benzene rings is 9. The predicted molar refractivity (Wildman–Crippen MR) is 270 cm³/mol. The summed E-state index contributed by atoms with van der Waals surface area (Å²) in [4.78, 5) is 0. The Labute approximate surface area is 370 Å². The van der Waals surface area contributed by atoms with Crippen molar-refractivity contribution >= 4 is 72.4 Å². The van der Waals surface area contributed by atoms with E-state index in [1.807, 2.05) is 0 Å². The predicted octanol–water partition coefficient (Wildman–Crippen LogP) is 13.0. The van der Waals surface area contributed by atoms with Gasteiger partial charge in [-0.15, -0.1) is 0 Å². The fourth-order valence-electron chi connectivity index (χ4n) is 11.2. The van der Waals surface area contributed by atoms with Crippen molar-refractivity contribution in [3.05, 3.63) is 230 Å². The van der Waals surface area contributed by atoms with Crippen LogP contribution >= 0.6 is 0 Å². The molecular weight excluding hydrogens is 777 g/mol. The first-order valence-electron chi connectivity index (χ1n) is 22.7. The maximum Gasteiger partial charge on any atom is 0.179 e. The van der Waals surface area contributed by atoms with Crippen molar-refractivity contribution in [3.8, 4) is 22.5 Å². The highest BCUT2D eigenvalue weighted by molar-refractivity contribution is 7.20. The average Bonchev–Trinajstić information content (AvgIpc) is 3.89. The molecule has 0 amide bonds. The molecule has 0 N–H and O–H groups in total. The first-order valence-corrected chi connectivity index (χ1v) is 24.7. The van der Waals surface area contributed by atoms with Crippen molar-refractivity contribution in [1.29, 1.82) is 0 Å². The molecule has 0 radical (unpaired) electrons. The maximum absolute atomic E-state index is 2.92. The zero-order valence-electron chi connectivity index (χ0n) is 35.4. The molecule has 1 fully saturated rings. The highest BCUT2D eigenvalue weighted by Crippen LogP contribution is 2.41. The Bertz CT molecular complexity index is 3390. The van der Waals surface area contributed by atoms with Gasteiger partial charge in [0.1, 0.15) is 0 Å². The molecule has 302 valence electrons. The number of fused-ring (bicyclic) bond motifs is 6. The second-order valence-corrected chi connectivity index (χ2v) is 21.3. The molecule has 2 aromatic heterocycles. The largest absolute Gasteiger partial charge is 0.307 e. The first-order chi connectivity index (χ1) is 31.3. The molecule has 0 bridgehead atoms. The van der Waals surface area contributed by atoms with Gasteiger partial charge in [-0.25, -0.2) is 0 Å². The van der Waals surface area contributed by atoms with Crippen molar-refractivity contribution in [2.45, 2.75) is 38.0 Å². The van der Waals surface area contributed by atoms with Crippen LogP contribution in [0.5, 0.6) is 0 Å². The van der Waals surface area contributed by atoms with Gasteiger partial charge in [0.2, 0.25) is 0 Å². The molecule has 1 aliphatic rings. The average molecular weight is 825 g/mol. The van der Waals surface area contributed by atoms with Crippen LogP contribution in [0.4, 0.5) is 0 Å². The van der Waals surface area contributed by atoms with Gasteiger partial charge in [0.15, 0.2) is 8.07 Å². The van der Waals surface area contributed by atoms with Gasteiger partial charge in [-0.3, -0.25) is 0 Å². The van der Waals surface area contributed by atoms with Gasteiger partial charge < -0.3 is 9.13 Å². The topological polar surface area (TPSA) is 9.86 Å². The van der Waals surface area contributed by atoms with Crippen LogP contribution in [-0.2, 0) is 0 Å². The van der Waals surface area contributed by atoms with Gasteiger partial charge in [0.25, 0.3) is 0 Å². The second kappa shape index (κ2) is 15.6. The molecular formula is C60H48N2Si. The minimum Gasteiger partial charge on any atom is -0.307 e. The molecule has 12 rings (SSSR count). The number of rotatable bonds is 8. The highest BCUT2D eigenvalue weighted by atomic mass is 28.3. The standard InChI is InChI=1S/C60H48N2Si/c1-5-20-43(21-6-1)45-24-17-30-50(40-45)63(48-26-9-3-10-27-48,49-28-11-4-12-29-49)51-31-18-25-47(42-51)61-56-35-15-13-32-52(56)54-34-19-37-59(60(54)61)62-57-36-16-14-33-53(57)55-41-46(38-39-58(55)62)44-22-7-2-8-23-44/h1,3-6,9-21,24-42,44H,2,7-8,22-23H2. The third-order valence-electron chi connectivity index (χ3n) is 14.0. The lowest BCUT2D eigenvalue weighted by Crippen LogP contribution is -2.74. The Morgan fingerprint density at radius 3 is 1.59 bits per heavy atom. The summed E-state index contributed by atoms with van der Waals surface area (Å²) in [6.07, 6.45) is 6.61. The molecule has 3 heteroatoms. The molecule has 0 saturated heterocycles. The second-order valence-electron chi connectivity index (χ2n) is 17.5. The summed E-state index contributed by atoms with van der Waals surface area (Å²) in [6.45, 7) is 0. The summed E-state index contributed by atoms with van der Waals surface area (Å²) >= 11 is 0. The summed E-state index contributed by atoms with van der Waals surface area (Å²) < 4.78 is 5.09. The highest BCUT2D eigenvalue weighted by Gasteiger charge is 2.42. The van der Waals surface area contributed by atoms with E-state index in [0.717, 1.165) is 5.69 Å². The monoisotopic (exact) mass is 824 g/mol. The van der Waals surface area contributed by atoms with E-state index in [0.29, 0.717) is 5.92 Å². The van der Waals surface area contributed by atoms with Gasteiger partial charge in [-0.05, 0) is 98.7 Å². The smallest absolute Gasteiger partial charge is 0.179 e. The van der Waals surface area contributed by atoms with Crippen LogP contribution in [-0.4, -0.2) is 17.2 Å². The summed E-state index contributed by atoms with van der Waals surface area (Å²) in [5.74, 6) is 0.645. The van der Waals surface area contributed by atoms with E-state index in [1.54, 1.807) is 0 Å². The van der Waals surface area contributed by atoms with Gasteiger partial charge in [0, 0.05) is 27.2 Å². The van der Waals surface area contributed by atoms with Crippen LogP contribution in [0, 0.1) is 0 Å². The normalized spacial score (nSPS) is 13.7. The van der Waals surface area contributed by atoms with E-state index in [9.17, 15) is 0 Å². The van der Waals surface area contributed by atoms with Crippen LogP contribution < -0.4 is 20.7 Å². The fraction of sp³-hybridized carbons (Fsp3) is 0.100. The Morgan fingerprint density at radius 2 is 0.873 bits per heavy atom. The molecule has 9 aromatic carbocycles. The number of nitrogens with zero attached hydrogens (tertiary/aromatic N) is 2. The van der Waals surface area contributed by atoms with Crippen LogP contribution in [0.3, 0.4) is 0 Å². The number of hydrogen-bond acceptors (Lipinski definition) is 0. The SMILES string of the molecule is c1ccc(-c2cccc([Si](c3ccccc3)(c3ccccc3)c3cccc(-n4c5ccccc5c5cccc(-n6c7ccccc7c7cc(C8CCCCC8)ccc76)c54)c3)c2)cc1. The van der Waals surface area contributed by atoms with Gasteiger partial charge >= 0.3 is 0 Å². The summed E-state index contributed by atoms with van der Waals surface area (Å²) in [7, 11) is -2.92. The quantitative estimate of drug-likeness (QED) is 0.107. The first kappa shape index (κ1) is 37.5. The lowest BCUT2D eigenvalue weighted by atomic mass is 9.84. The van der Waals surface area contributed by atoms with E-state index < -0.39 is 8.07 Å². The van der Waals surface area contributed by atoms with E-state index in [1.165, 1.54) is 119 Å². The fourth-order valence-corrected chi connectivity index (χ4v) is 16.0. The van der Waals surface area contributed by atoms with E-state index >= 15 is 0 Å². The molecule has 11 aromatic rings. The van der Waals surface area contributed by atoms with Crippen molar-refractivity contribution in [2.75, 3.05) is 0 Å². The number of para-hydroxylation sites is 3. The Kier molecular flexibility index (Phi) is 9.30. The third kappa shape index (κ3) is 6.13. The zero-order chi connectivity index (χ0) is 41.7. The van der Waals surface area contributed by atoms with Crippen molar-refractivity contribution < 1.29 is 0 Å². The minimum atomic E-state index is -2.92. The van der Waals surface area contributed by atoms with E-state index in [2.05, 4.69) is 234 Å². The van der Waals surface area contributed by atoms with Crippen LogP contribution in [0.15, 0.2) is 224 Å². The minimum absolute atomic E-state index is 0.645. The molecule has 63 heavy (non-hydrogen) atoms. The van der Waals surface area contributed by atoms with Gasteiger partial charge in [0.05, 0.1) is 27.8 Å². The van der Waals surface area contributed by atoms with Gasteiger partial charge in [-0.2, -0.15) is 0 Å². The summed E-state index contributed by atoms with van der Waals surface area (Å²) in [6, 6.07) is 84.6. The van der Waals surface area contributed by atoms with Crippen molar-refractivity contribution in [3.63, 3.8) is 0 Å². The van der Waals surface area contributed by atoms with E-state index in [4.69, 9.17) is 0 Å². The lowest BCUT2D eigenvalue weighted by Gasteiger charge is -2.35. The van der Waals surface area contributed by atoms with Crippen LogP contribution in [0.2, 0.25) is 0 Å². The van der Waals surface area contributed by atoms with Crippen molar-refractivity contribution in [1.82, 2.24) is 9.13 Å². The molecule has 0 spiro atoms. The third-order valence-corrected chi connectivity index (χ3v) is 18.8. The molecule has 0 unspecified atom stereocenters. The molecule has 2 nitrogen and oxygen atoms in total.